The van der Waals surface area contributed by atoms with Crippen LogP contribution in [0.25, 0.3) is 0 Å². The molecule has 1 aromatic carbocycles. The van der Waals surface area contributed by atoms with E-state index in [1.807, 2.05) is 26.0 Å². The molecule has 6 heteroatoms. The van der Waals surface area contributed by atoms with Crippen LogP contribution in [0.15, 0.2) is 42.7 Å². The van der Waals surface area contributed by atoms with Crippen molar-refractivity contribution in [1.82, 2.24) is 10.3 Å². The van der Waals surface area contributed by atoms with Gasteiger partial charge < -0.3 is 20.5 Å². The molecule has 0 bridgehead atoms. The van der Waals surface area contributed by atoms with Gasteiger partial charge in [-0.05, 0) is 44.5 Å². The highest BCUT2D eigenvalue weighted by atomic mass is 16.5. The number of nitrogens with two attached hydrogens (primary N) is 1. The van der Waals surface area contributed by atoms with E-state index in [4.69, 9.17) is 15.2 Å². The van der Waals surface area contributed by atoms with Crippen LogP contribution in [0.5, 0.6) is 11.5 Å². The molecular formula is C19H25N3O3. The first-order valence-corrected chi connectivity index (χ1v) is 8.42. The molecule has 2 aromatic rings. The number of rotatable bonds is 9. The number of aromatic nitrogens is 1. The summed E-state index contributed by atoms with van der Waals surface area (Å²) >= 11 is 0. The Balaban J connectivity index is 2.04. The minimum atomic E-state index is -0.152. The maximum Gasteiger partial charge on any atom is 0.251 e. The van der Waals surface area contributed by atoms with Crippen molar-refractivity contribution in [1.29, 1.82) is 0 Å². The molecule has 1 amide bonds. The van der Waals surface area contributed by atoms with Gasteiger partial charge in [-0.15, -0.1) is 0 Å². The molecule has 2 rings (SSSR count). The van der Waals surface area contributed by atoms with E-state index in [9.17, 15) is 4.79 Å². The van der Waals surface area contributed by atoms with Crippen LogP contribution in [0.2, 0.25) is 0 Å². The monoisotopic (exact) mass is 343 g/mol. The van der Waals surface area contributed by atoms with E-state index in [-0.39, 0.29) is 11.9 Å². The zero-order valence-electron chi connectivity index (χ0n) is 14.7. The van der Waals surface area contributed by atoms with Crippen molar-refractivity contribution in [3.8, 4) is 11.5 Å². The number of ether oxygens (including phenoxy) is 2. The first-order valence-electron chi connectivity index (χ1n) is 8.42. The number of amides is 1. The van der Waals surface area contributed by atoms with E-state index < -0.39 is 0 Å². The highest BCUT2D eigenvalue weighted by molar-refractivity contribution is 5.94. The lowest BCUT2D eigenvalue weighted by Gasteiger charge is -2.14. The molecule has 3 N–H and O–H groups in total. The minimum absolute atomic E-state index is 0.0579. The lowest BCUT2D eigenvalue weighted by atomic mass is 10.1. The van der Waals surface area contributed by atoms with E-state index in [0.717, 1.165) is 12.0 Å². The SMILES string of the molecule is CCOc1cc(C(=O)NCCC(C)N)ccc1OCc1cccnc1. The second-order valence-electron chi connectivity index (χ2n) is 5.77. The van der Waals surface area contributed by atoms with Crippen LogP contribution in [0.3, 0.4) is 0 Å². The van der Waals surface area contributed by atoms with Gasteiger partial charge in [0, 0.05) is 36.1 Å². The average molecular weight is 343 g/mol. The molecule has 1 aromatic heterocycles. The fraction of sp³-hybridized carbons (Fsp3) is 0.368. The predicted octanol–water partition coefficient (Wildman–Crippen LogP) is 2.53. The molecule has 0 spiro atoms. The normalized spacial score (nSPS) is 11.6. The zero-order valence-corrected chi connectivity index (χ0v) is 14.7. The fourth-order valence-corrected chi connectivity index (χ4v) is 2.20. The van der Waals surface area contributed by atoms with Crippen molar-refractivity contribution < 1.29 is 14.3 Å². The number of benzene rings is 1. The number of nitrogens with zero attached hydrogens (tertiary/aromatic N) is 1. The first-order chi connectivity index (χ1) is 12.1. The lowest BCUT2D eigenvalue weighted by molar-refractivity contribution is 0.0952. The topological polar surface area (TPSA) is 86.5 Å². The number of carbonyl (C=O) groups is 1. The van der Waals surface area contributed by atoms with Gasteiger partial charge in [-0.3, -0.25) is 9.78 Å². The Hall–Kier alpha value is -2.60. The van der Waals surface area contributed by atoms with Gasteiger partial charge in [-0.1, -0.05) is 6.07 Å². The summed E-state index contributed by atoms with van der Waals surface area (Å²) in [5, 5.41) is 2.85. The first kappa shape index (κ1) is 18.7. The van der Waals surface area contributed by atoms with Gasteiger partial charge in [-0.25, -0.2) is 0 Å². The van der Waals surface area contributed by atoms with E-state index in [2.05, 4.69) is 10.3 Å². The van der Waals surface area contributed by atoms with Gasteiger partial charge >= 0.3 is 0 Å². The van der Waals surface area contributed by atoms with E-state index >= 15 is 0 Å². The highest BCUT2D eigenvalue weighted by Gasteiger charge is 2.12. The Bertz CT molecular complexity index is 675. The molecule has 1 unspecified atom stereocenters. The van der Waals surface area contributed by atoms with Gasteiger partial charge in [-0.2, -0.15) is 0 Å². The number of nitrogens with one attached hydrogen (secondary N) is 1. The van der Waals surface area contributed by atoms with Gasteiger partial charge in [0.2, 0.25) is 0 Å². The zero-order chi connectivity index (χ0) is 18.1. The van der Waals surface area contributed by atoms with Crippen LogP contribution in [0.4, 0.5) is 0 Å². The van der Waals surface area contributed by atoms with Crippen molar-refractivity contribution in [3.63, 3.8) is 0 Å². The van der Waals surface area contributed by atoms with Crippen LogP contribution < -0.4 is 20.5 Å². The largest absolute Gasteiger partial charge is 0.490 e. The summed E-state index contributed by atoms with van der Waals surface area (Å²) in [7, 11) is 0. The van der Waals surface area contributed by atoms with Crippen molar-refractivity contribution >= 4 is 5.91 Å². The third-order valence-corrected chi connectivity index (χ3v) is 3.51. The number of carbonyl (C=O) groups excluding carboxylic acids is 1. The van der Waals surface area contributed by atoms with Crippen molar-refractivity contribution in [2.45, 2.75) is 32.9 Å². The van der Waals surface area contributed by atoms with E-state index in [1.54, 1.807) is 30.6 Å². The Morgan fingerprint density at radius 1 is 1.28 bits per heavy atom. The van der Waals surface area contributed by atoms with E-state index in [1.165, 1.54) is 0 Å². The molecule has 0 saturated carbocycles. The van der Waals surface area contributed by atoms with Gasteiger partial charge in [0.1, 0.15) is 6.61 Å². The fourth-order valence-electron chi connectivity index (χ4n) is 2.20. The molecule has 6 nitrogen and oxygen atoms in total. The molecule has 1 heterocycles. The maximum absolute atomic E-state index is 12.2. The summed E-state index contributed by atoms with van der Waals surface area (Å²) in [5.74, 6) is 0.990. The number of hydrogen-bond donors (Lipinski definition) is 2. The molecule has 0 radical (unpaired) electrons. The molecule has 25 heavy (non-hydrogen) atoms. The summed E-state index contributed by atoms with van der Waals surface area (Å²) < 4.78 is 11.4. The quantitative estimate of drug-likeness (QED) is 0.731. The second kappa shape index (κ2) is 9.64. The minimum Gasteiger partial charge on any atom is -0.490 e. The van der Waals surface area contributed by atoms with Crippen LogP contribution >= 0.6 is 0 Å². The van der Waals surface area contributed by atoms with Crippen LogP contribution in [0, 0.1) is 0 Å². The molecule has 0 saturated heterocycles. The summed E-state index contributed by atoms with van der Waals surface area (Å²) in [6.07, 6.45) is 4.20. The Morgan fingerprint density at radius 2 is 2.12 bits per heavy atom. The Labute approximate surface area is 148 Å². The molecule has 1 atom stereocenters. The third-order valence-electron chi connectivity index (χ3n) is 3.51. The number of hydrogen-bond acceptors (Lipinski definition) is 5. The summed E-state index contributed by atoms with van der Waals surface area (Å²) in [6.45, 7) is 5.21. The van der Waals surface area contributed by atoms with Crippen LogP contribution in [-0.4, -0.2) is 30.1 Å². The van der Waals surface area contributed by atoms with Crippen LogP contribution in [0.1, 0.15) is 36.2 Å². The summed E-state index contributed by atoms with van der Waals surface area (Å²) in [5.41, 5.74) is 7.18. The molecule has 0 aliphatic rings. The lowest BCUT2D eigenvalue weighted by Crippen LogP contribution is -2.28. The second-order valence-corrected chi connectivity index (χ2v) is 5.77. The average Bonchev–Trinajstić information content (AvgIpc) is 2.61. The molecule has 0 aliphatic heterocycles. The maximum atomic E-state index is 12.2. The Morgan fingerprint density at radius 3 is 2.80 bits per heavy atom. The van der Waals surface area contributed by atoms with Crippen molar-refractivity contribution in [3.05, 3.63) is 53.9 Å². The summed E-state index contributed by atoms with van der Waals surface area (Å²) in [4.78, 5) is 16.3. The molecular weight excluding hydrogens is 318 g/mol. The van der Waals surface area contributed by atoms with Gasteiger partial charge in [0.25, 0.3) is 5.91 Å². The smallest absolute Gasteiger partial charge is 0.251 e. The standard InChI is InChI=1S/C19H25N3O3/c1-3-24-18-11-16(19(23)22-10-8-14(2)20)6-7-17(18)25-13-15-5-4-9-21-12-15/h4-7,9,11-12,14H,3,8,10,13,20H2,1-2H3,(H,22,23). The Kier molecular flexibility index (Phi) is 7.22. The third kappa shape index (κ3) is 6.08. The van der Waals surface area contributed by atoms with E-state index in [0.29, 0.717) is 36.8 Å². The highest BCUT2D eigenvalue weighted by Crippen LogP contribution is 2.29. The number of pyridine rings is 1. The van der Waals surface area contributed by atoms with Gasteiger partial charge in [0.15, 0.2) is 11.5 Å². The predicted molar refractivity (Wildman–Crippen MR) is 96.8 cm³/mol. The molecule has 0 aliphatic carbocycles. The van der Waals surface area contributed by atoms with Crippen molar-refractivity contribution in [2.24, 2.45) is 5.73 Å². The van der Waals surface area contributed by atoms with Crippen LogP contribution in [-0.2, 0) is 6.61 Å². The molecule has 134 valence electrons. The van der Waals surface area contributed by atoms with Crippen molar-refractivity contribution in [2.75, 3.05) is 13.2 Å². The summed E-state index contributed by atoms with van der Waals surface area (Å²) in [6, 6.07) is 9.03. The molecule has 0 fully saturated rings. The van der Waals surface area contributed by atoms with Gasteiger partial charge in [0.05, 0.1) is 6.61 Å².